The van der Waals surface area contributed by atoms with Gasteiger partial charge in [-0.1, -0.05) is 29.8 Å². The minimum Gasteiger partial charge on any atom is -0.508 e. The fraction of sp³-hybridized carbons (Fsp3) is 0.222. The van der Waals surface area contributed by atoms with Gasteiger partial charge in [0.15, 0.2) is 0 Å². The minimum absolute atomic E-state index is 0.235. The van der Waals surface area contributed by atoms with Crippen molar-refractivity contribution in [1.82, 2.24) is 0 Å². The van der Waals surface area contributed by atoms with Crippen LogP contribution < -0.4 is 10.1 Å². The summed E-state index contributed by atoms with van der Waals surface area (Å²) in [5.74, 6) is 2.61. The van der Waals surface area contributed by atoms with Gasteiger partial charge < -0.3 is 14.3 Å². The molecule has 4 aromatic rings. The Labute approximate surface area is 182 Å². The molecular weight excluding hydrogens is 386 g/mol. The van der Waals surface area contributed by atoms with Crippen molar-refractivity contribution >= 4 is 16.5 Å². The van der Waals surface area contributed by atoms with Gasteiger partial charge in [0.05, 0.1) is 28.4 Å². The zero-order valence-electron chi connectivity index (χ0n) is 18.6. The first-order valence-corrected chi connectivity index (χ1v) is 10.5. The molecule has 0 saturated heterocycles. The average Bonchev–Trinajstić information content (AvgIpc) is 2.92. The number of fused-ring (bicyclic) bond motifs is 1. The van der Waals surface area contributed by atoms with E-state index in [2.05, 4.69) is 38.1 Å². The lowest BCUT2D eigenvalue weighted by Crippen LogP contribution is -2.00. The van der Waals surface area contributed by atoms with E-state index in [1.165, 1.54) is 5.56 Å². The summed E-state index contributed by atoms with van der Waals surface area (Å²) in [5.41, 5.74) is 5.18. The molecule has 0 unspecified atom stereocenters. The summed E-state index contributed by atoms with van der Waals surface area (Å²) in [6.45, 7) is 10.6. The molecule has 4 nitrogen and oxygen atoms in total. The highest BCUT2D eigenvalue weighted by Crippen LogP contribution is 2.34. The maximum Gasteiger partial charge on any atom is 0.131 e. The van der Waals surface area contributed by atoms with E-state index in [0.29, 0.717) is 6.61 Å². The molecule has 31 heavy (non-hydrogen) atoms. The second-order valence-corrected chi connectivity index (χ2v) is 7.84. The number of phenols is 1. The molecule has 0 amide bonds. The molecule has 3 aromatic carbocycles. The summed E-state index contributed by atoms with van der Waals surface area (Å²) < 4.78 is 12.1. The van der Waals surface area contributed by atoms with Crippen molar-refractivity contribution < 1.29 is 14.3 Å². The predicted octanol–water partition coefficient (Wildman–Crippen LogP) is 6.67. The van der Waals surface area contributed by atoms with E-state index in [9.17, 15) is 5.11 Å². The highest BCUT2D eigenvalue weighted by Gasteiger charge is 2.16. The summed E-state index contributed by atoms with van der Waals surface area (Å²) in [7, 11) is 0. The third-order valence-electron chi connectivity index (χ3n) is 5.44. The molecule has 0 aliphatic heterocycles. The summed E-state index contributed by atoms with van der Waals surface area (Å²) >= 11 is 0. The molecule has 0 aliphatic rings. The van der Waals surface area contributed by atoms with Crippen molar-refractivity contribution in [3.63, 3.8) is 0 Å². The van der Waals surface area contributed by atoms with Crippen LogP contribution in [0.4, 0.5) is 5.69 Å². The summed E-state index contributed by atoms with van der Waals surface area (Å²) in [6, 6.07) is 17.5. The smallest absolute Gasteiger partial charge is 0.131 e. The number of furan rings is 1. The number of ether oxygens (including phenoxy) is 1. The molecule has 0 saturated carbocycles. The molecule has 158 valence electrons. The molecule has 0 fully saturated rings. The Hall–Kier alpha value is -3.53. The third-order valence-corrected chi connectivity index (χ3v) is 5.44. The van der Waals surface area contributed by atoms with Gasteiger partial charge in [-0.25, -0.2) is 4.99 Å². The number of aromatic hydroxyl groups is 1. The van der Waals surface area contributed by atoms with Crippen molar-refractivity contribution in [2.75, 3.05) is 6.61 Å². The second kappa shape index (κ2) is 8.31. The first-order chi connectivity index (χ1) is 14.9. The monoisotopic (exact) mass is 413 g/mol. The highest BCUT2D eigenvalue weighted by atomic mass is 16.5. The number of hydrogen-bond donors (Lipinski definition) is 1. The van der Waals surface area contributed by atoms with E-state index in [0.717, 1.165) is 55.8 Å². The predicted molar refractivity (Wildman–Crippen MR) is 125 cm³/mol. The Morgan fingerprint density at radius 3 is 2.23 bits per heavy atom. The van der Waals surface area contributed by atoms with Crippen LogP contribution in [0.3, 0.4) is 0 Å². The van der Waals surface area contributed by atoms with Crippen LogP contribution in [0.1, 0.15) is 29.6 Å². The third kappa shape index (κ3) is 4.06. The normalized spacial score (nSPS) is 11.8. The van der Waals surface area contributed by atoms with Crippen LogP contribution in [-0.2, 0) is 0 Å². The van der Waals surface area contributed by atoms with Gasteiger partial charge >= 0.3 is 0 Å². The Morgan fingerprint density at radius 2 is 1.55 bits per heavy atom. The Bertz CT molecular complexity index is 1330. The van der Waals surface area contributed by atoms with Crippen LogP contribution in [0.2, 0.25) is 0 Å². The van der Waals surface area contributed by atoms with E-state index in [-0.39, 0.29) is 5.75 Å². The van der Waals surface area contributed by atoms with Gasteiger partial charge in [0.2, 0.25) is 0 Å². The van der Waals surface area contributed by atoms with E-state index in [1.807, 2.05) is 39.0 Å². The lowest BCUT2D eigenvalue weighted by molar-refractivity contribution is 0.344. The van der Waals surface area contributed by atoms with Crippen molar-refractivity contribution in [3.05, 3.63) is 82.6 Å². The molecule has 0 spiro atoms. The first kappa shape index (κ1) is 20.7. The molecular formula is C27H27NO3. The van der Waals surface area contributed by atoms with E-state index in [1.54, 1.807) is 12.1 Å². The molecule has 4 heteroatoms. The van der Waals surface area contributed by atoms with Crippen LogP contribution in [0, 0.1) is 27.7 Å². The van der Waals surface area contributed by atoms with Crippen molar-refractivity contribution in [2.45, 2.75) is 34.6 Å². The van der Waals surface area contributed by atoms with Gasteiger partial charge in [-0.05, 0) is 81.6 Å². The molecule has 0 aliphatic carbocycles. The van der Waals surface area contributed by atoms with Gasteiger partial charge in [-0.3, -0.25) is 0 Å². The van der Waals surface area contributed by atoms with Gasteiger partial charge in [-0.2, -0.15) is 0 Å². The molecule has 4 rings (SSSR count). The Balaban J connectivity index is 2.14. The molecule has 0 atom stereocenters. The second-order valence-electron chi connectivity index (χ2n) is 7.84. The topological polar surface area (TPSA) is 55.0 Å². The highest BCUT2D eigenvalue weighted by molar-refractivity contribution is 5.93. The van der Waals surface area contributed by atoms with Gasteiger partial charge in [0, 0.05) is 0 Å². The molecule has 0 bridgehead atoms. The SMILES string of the molecule is CCOc1cc(-c2ccc(O)cc2)cc(=Nc2ccc(C)cc2C)c2c(C)oc(C)c12. The molecule has 0 radical (unpaired) electrons. The fourth-order valence-corrected chi connectivity index (χ4v) is 4.00. The Kier molecular flexibility index (Phi) is 5.55. The van der Waals surface area contributed by atoms with Gasteiger partial charge in [-0.15, -0.1) is 0 Å². The average molecular weight is 414 g/mol. The lowest BCUT2D eigenvalue weighted by Gasteiger charge is -2.04. The lowest BCUT2D eigenvalue weighted by atomic mass is 10.1. The van der Waals surface area contributed by atoms with Crippen LogP contribution in [0.5, 0.6) is 11.5 Å². The first-order valence-electron chi connectivity index (χ1n) is 10.5. The van der Waals surface area contributed by atoms with Crippen molar-refractivity contribution in [1.29, 1.82) is 0 Å². The number of phenolic OH excluding ortho intramolecular Hbond substituents is 1. The Morgan fingerprint density at radius 1 is 0.839 bits per heavy atom. The molecule has 1 N–H and O–H groups in total. The van der Waals surface area contributed by atoms with E-state index < -0.39 is 0 Å². The molecule has 1 heterocycles. The summed E-state index contributed by atoms with van der Waals surface area (Å²) in [5, 5.41) is 12.4. The van der Waals surface area contributed by atoms with Crippen LogP contribution in [-0.4, -0.2) is 11.7 Å². The number of hydrogen-bond acceptors (Lipinski definition) is 4. The van der Waals surface area contributed by atoms with E-state index >= 15 is 0 Å². The van der Waals surface area contributed by atoms with Gasteiger partial charge in [0.1, 0.15) is 23.0 Å². The maximum absolute atomic E-state index is 9.73. The maximum atomic E-state index is 9.73. The summed E-state index contributed by atoms with van der Waals surface area (Å²) in [4.78, 5) is 5.06. The van der Waals surface area contributed by atoms with E-state index in [4.69, 9.17) is 14.1 Å². The number of aryl methyl sites for hydroxylation is 4. The van der Waals surface area contributed by atoms with Gasteiger partial charge in [0.25, 0.3) is 0 Å². The van der Waals surface area contributed by atoms with Crippen molar-refractivity contribution in [2.24, 2.45) is 4.99 Å². The standard InChI is InChI=1S/C27H27NO3/c1-6-30-25-15-21(20-8-10-22(29)11-9-20)14-24(26-18(4)31-19(5)27(25)26)28-23-12-7-16(2)13-17(23)3/h7-15,29H,6H2,1-5H3. The quantitative estimate of drug-likeness (QED) is 0.406. The number of rotatable bonds is 4. The van der Waals surface area contributed by atoms with Crippen molar-refractivity contribution in [3.8, 4) is 22.6 Å². The number of nitrogens with zero attached hydrogens (tertiary/aromatic N) is 1. The molecule has 1 aromatic heterocycles. The minimum atomic E-state index is 0.235. The fourth-order valence-electron chi connectivity index (χ4n) is 4.00. The zero-order chi connectivity index (χ0) is 22.1. The zero-order valence-corrected chi connectivity index (χ0v) is 18.6. The van der Waals surface area contributed by atoms with Crippen LogP contribution in [0.25, 0.3) is 21.9 Å². The van der Waals surface area contributed by atoms with Crippen LogP contribution in [0.15, 0.2) is 64.0 Å². The summed E-state index contributed by atoms with van der Waals surface area (Å²) in [6.07, 6.45) is 0. The van der Waals surface area contributed by atoms with Crippen LogP contribution >= 0.6 is 0 Å². The largest absolute Gasteiger partial charge is 0.508 e. The number of benzene rings is 2.